The summed E-state index contributed by atoms with van der Waals surface area (Å²) >= 11 is 0. The Balaban J connectivity index is 4.54. The first-order valence-electron chi connectivity index (χ1n) is 8.28. The third-order valence-corrected chi connectivity index (χ3v) is 12.7. The summed E-state index contributed by atoms with van der Waals surface area (Å²) in [6.45, 7) is 23.4. The van der Waals surface area contributed by atoms with Crippen molar-refractivity contribution in [3.8, 4) is 0 Å². The summed E-state index contributed by atoms with van der Waals surface area (Å²) in [6.07, 6.45) is 0.686. The van der Waals surface area contributed by atoms with E-state index in [2.05, 4.69) is 26.3 Å². The fourth-order valence-electron chi connectivity index (χ4n) is 2.10. The van der Waals surface area contributed by atoms with Gasteiger partial charge in [-0.1, -0.05) is 18.7 Å². The number of carbonyl (C=O) groups excluding carboxylic acids is 1. The molecule has 0 N–H and O–H groups in total. The van der Waals surface area contributed by atoms with Gasteiger partial charge in [0.2, 0.25) is 16.6 Å². The fourth-order valence-corrected chi connectivity index (χ4v) is 14.6. The molecule has 0 unspecified atom stereocenters. The Morgan fingerprint density at radius 1 is 0.840 bits per heavy atom. The molecule has 0 spiro atoms. The van der Waals surface area contributed by atoms with E-state index in [0.717, 1.165) is 5.57 Å². The number of hydrogen-bond acceptors (Lipinski definition) is 6. The molecule has 0 aliphatic rings. The smallest absolute Gasteiger partial charge is 0.332 e. The summed E-state index contributed by atoms with van der Waals surface area (Å²) in [5.74, 6) is -0.387. The Morgan fingerprint density at radius 2 is 1.32 bits per heavy atom. The van der Waals surface area contributed by atoms with Gasteiger partial charge in [-0.15, -0.1) is 0 Å². The molecule has 0 aliphatic heterocycles. The van der Waals surface area contributed by atoms with Crippen LogP contribution >= 0.6 is 0 Å². The first kappa shape index (κ1) is 24.4. The molecule has 0 rings (SSSR count). The van der Waals surface area contributed by atoms with Gasteiger partial charge < -0.3 is 13.0 Å². The van der Waals surface area contributed by atoms with Crippen LogP contribution in [0.2, 0.25) is 39.3 Å². The van der Waals surface area contributed by atoms with Gasteiger partial charge in [0.05, 0.1) is 6.23 Å². The summed E-state index contributed by atoms with van der Waals surface area (Å²) < 4.78 is 17.9. The molecule has 0 aromatic heterocycles. The highest BCUT2D eigenvalue weighted by Crippen LogP contribution is 2.21. The van der Waals surface area contributed by atoms with Crippen LogP contribution in [0.1, 0.15) is 13.8 Å². The monoisotopic (exact) mass is 406 g/mol. The Kier molecular flexibility index (Phi) is 9.73. The second-order valence-electron chi connectivity index (χ2n) is 7.96. The Bertz CT molecular complexity index is 488. The van der Waals surface area contributed by atoms with E-state index >= 15 is 0 Å². The van der Waals surface area contributed by atoms with Crippen LogP contribution in [0.3, 0.4) is 0 Å². The Morgan fingerprint density at radius 3 is 1.76 bits per heavy atom. The first-order valence-corrected chi connectivity index (χ1v) is 17.3. The zero-order chi connectivity index (χ0) is 19.9. The summed E-state index contributed by atoms with van der Waals surface area (Å²) in [6, 6.07) is 0. The fraction of sp³-hybridized carbons (Fsp3) is 0.688. The standard InChI is InChI=1S/C16H34O6Si3/c1-14(2)11-19-20-13-24(7,8)22-25(9,10)21-23(5,6)12-18-16(17)15(3)4/h1,3,11-13H2,2,4-10H3. The van der Waals surface area contributed by atoms with E-state index in [-0.39, 0.29) is 12.2 Å². The largest absolute Gasteiger partial charge is 0.463 e. The molecule has 146 valence electrons. The molecule has 0 aromatic carbocycles. The lowest BCUT2D eigenvalue weighted by atomic mass is 10.4. The summed E-state index contributed by atoms with van der Waals surface area (Å²) in [4.78, 5) is 21.9. The van der Waals surface area contributed by atoms with Crippen molar-refractivity contribution >= 4 is 31.2 Å². The number of esters is 1. The van der Waals surface area contributed by atoms with Crippen LogP contribution < -0.4 is 0 Å². The highest BCUT2D eigenvalue weighted by Gasteiger charge is 2.40. The lowest BCUT2D eigenvalue weighted by Gasteiger charge is -2.37. The maximum absolute atomic E-state index is 11.6. The third kappa shape index (κ3) is 12.4. The zero-order valence-corrected chi connectivity index (χ0v) is 20.0. The lowest BCUT2D eigenvalue weighted by molar-refractivity contribution is -0.276. The van der Waals surface area contributed by atoms with Gasteiger partial charge in [-0.2, -0.15) is 0 Å². The van der Waals surface area contributed by atoms with Crippen molar-refractivity contribution in [1.82, 2.24) is 0 Å². The van der Waals surface area contributed by atoms with Gasteiger partial charge in [0.15, 0.2) is 0 Å². The summed E-state index contributed by atoms with van der Waals surface area (Å²) in [7, 11) is -6.72. The number of rotatable bonds is 12. The highest BCUT2D eigenvalue weighted by atomic mass is 28.5. The average molecular weight is 407 g/mol. The summed E-state index contributed by atoms with van der Waals surface area (Å²) in [5.41, 5.74) is 1.29. The minimum absolute atomic E-state index is 0.276. The molecule has 0 aliphatic carbocycles. The third-order valence-electron chi connectivity index (χ3n) is 2.74. The molecule has 0 saturated carbocycles. The molecule has 0 aromatic rings. The number of ether oxygens (including phenoxy) is 1. The van der Waals surface area contributed by atoms with Crippen LogP contribution in [0, 0.1) is 0 Å². The van der Waals surface area contributed by atoms with Crippen molar-refractivity contribution < 1.29 is 27.5 Å². The average Bonchev–Trinajstić information content (AvgIpc) is 2.38. The van der Waals surface area contributed by atoms with Crippen molar-refractivity contribution in [2.45, 2.75) is 53.1 Å². The van der Waals surface area contributed by atoms with Crippen molar-refractivity contribution in [3.05, 3.63) is 24.3 Å². The predicted octanol–water partition coefficient (Wildman–Crippen LogP) is 3.85. The molecule has 0 saturated heterocycles. The number of carbonyl (C=O) groups is 1. The topological polar surface area (TPSA) is 63.2 Å². The first-order chi connectivity index (χ1) is 11.2. The van der Waals surface area contributed by atoms with Gasteiger partial charge in [0.25, 0.3) is 0 Å². The zero-order valence-electron chi connectivity index (χ0n) is 17.0. The van der Waals surface area contributed by atoms with Crippen molar-refractivity contribution in [1.29, 1.82) is 0 Å². The maximum Gasteiger partial charge on any atom is 0.332 e. The van der Waals surface area contributed by atoms with E-state index < -0.39 is 25.2 Å². The quantitative estimate of drug-likeness (QED) is 0.0933. The van der Waals surface area contributed by atoms with E-state index in [1.807, 2.05) is 33.1 Å². The van der Waals surface area contributed by atoms with Crippen LogP contribution in [0.5, 0.6) is 0 Å². The summed E-state index contributed by atoms with van der Waals surface area (Å²) in [5, 5.41) is 0. The molecule has 9 heteroatoms. The predicted molar refractivity (Wildman–Crippen MR) is 107 cm³/mol. The van der Waals surface area contributed by atoms with Gasteiger partial charge in [0.1, 0.15) is 12.8 Å². The molecular weight excluding hydrogens is 372 g/mol. The van der Waals surface area contributed by atoms with Crippen LogP contribution in [0.15, 0.2) is 24.3 Å². The molecule has 0 heterocycles. The highest BCUT2D eigenvalue weighted by molar-refractivity contribution is 6.87. The second kappa shape index (κ2) is 9.95. The van der Waals surface area contributed by atoms with E-state index in [1.165, 1.54) is 0 Å². The van der Waals surface area contributed by atoms with Crippen molar-refractivity contribution in [2.24, 2.45) is 0 Å². The Hall–Kier alpha value is -0.559. The SMILES string of the molecule is C=C(C)COOC[Si](C)(C)O[Si](C)(C)O[Si](C)(C)COC(=O)C(=C)C. The van der Waals surface area contributed by atoms with Crippen molar-refractivity contribution in [2.75, 3.05) is 19.1 Å². The van der Waals surface area contributed by atoms with Crippen LogP contribution in [-0.2, 0) is 27.5 Å². The normalized spacial score (nSPS) is 12.8. The van der Waals surface area contributed by atoms with Gasteiger partial charge in [-0.3, -0.25) is 0 Å². The van der Waals surface area contributed by atoms with E-state index in [0.29, 0.717) is 18.4 Å². The molecule has 25 heavy (non-hydrogen) atoms. The van der Waals surface area contributed by atoms with E-state index in [4.69, 9.17) is 22.7 Å². The van der Waals surface area contributed by atoms with Gasteiger partial charge in [-0.05, 0) is 53.1 Å². The number of hydrogen-bond donors (Lipinski definition) is 0. The van der Waals surface area contributed by atoms with Gasteiger partial charge >= 0.3 is 14.5 Å². The van der Waals surface area contributed by atoms with Crippen molar-refractivity contribution in [3.63, 3.8) is 0 Å². The van der Waals surface area contributed by atoms with E-state index in [9.17, 15) is 4.79 Å². The van der Waals surface area contributed by atoms with Crippen LogP contribution in [0.25, 0.3) is 0 Å². The molecule has 0 fully saturated rings. The minimum atomic E-state index is -2.40. The second-order valence-corrected chi connectivity index (χ2v) is 20.0. The van der Waals surface area contributed by atoms with Crippen LogP contribution in [0.4, 0.5) is 0 Å². The van der Waals surface area contributed by atoms with Gasteiger partial charge in [0, 0.05) is 5.57 Å². The maximum atomic E-state index is 11.6. The van der Waals surface area contributed by atoms with E-state index in [1.54, 1.807) is 6.92 Å². The Labute approximate surface area is 155 Å². The molecular formula is C16H34O6Si3. The molecule has 6 nitrogen and oxygen atoms in total. The minimum Gasteiger partial charge on any atom is -0.463 e. The molecule has 0 amide bonds. The lowest BCUT2D eigenvalue weighted by Crippen LogP contribution is -2.55. The van der Waals surface area contributed by atoms with Crippen LogP contribution in [-0.4, -0.2) is 50.2 Å². The molecule has 0 bridgehead atoms. The molecule has 0 radical (unpaired) electrons. The molecule has 0 atom stereocenters. The van der Waals surface area contributed by atoms with Gasteiger partial charge in [-0.25, -0.2) is 14.6 Å².